The van der Waals surface area contributed by atoms with Gasteiger partial charge >= 0.3 is 0 Å². The predicted molar refractivity (Wildman–Crippen MR) is 99.5 cm³/mol. The van der Waals surface area contributed by atoms with Crippen molar-refractivity contribution in [2.45, 2.75) is 19.0 Å². The summed E-state index contributed by atoms with van der Waals surface area (Å²) < 4.78 is 0. The van der Waals surface area contributed by atoms with Gasteiger partial charge in [-0.05, 0) is 28.5 Å². The molecule has 0 saturated carbocycles. The van der Waals surface area contributed by atoms with Crippen LogP contribution in [-0.4, -0.2) is 34.3 Å². The molecule has 26 heavy (non-hydrogen) atoms. The number of hydrogen-bond acceptors (Lipinski definition) is 3. The van der Waals surface area contributed by atoms with Gasteiger partial charge < -0.3 is 10.2 Å². The van der Waals surface area contributed by atoms with Crippen molar-refractivity contribution in [1.82, 2.24) is 15.2 Å². The van der Waals surface area contributed by atoms with E-state index < -0.39 is 0 Å². The average molecular weight is 345 g/mol. The third-order valence-corrected chi connectivity index (χ3v) is 4.73. The molecule has 1 atom stereocenters. The van der Waals surface area contributed by atoms with E-state index >= 15 is 0 Å². The van der Waals surface area contributed by atoms with Crippen molar-refractivity contribution in [2.24, 2.45) is 0 Å². The van der Waals surface area contributed by atoms with E-state index in [4.69, 9.17) is 0 Å². The van der Waals surface area contributed by atoms with Crippen molar-refractivity contribution in [1.29, 1.82) is 0 Å². The Kier molecular flexibility index (Phi) is 4.35. The molecule has 0 spiro atoms. The lowest BCUT2D eigenvalue weighted by molar-refractivity contribution is -0.128. The van der Waals surface area contributed by atoms with Crippen LogP contribution < -0.4 is 5.32 Å². The van der Waals surface area contributed by atoms with Crippen molar-refractivity contribution in [3.8, 4) is 0 Å². The van der Waals surface area contributed by atoms with Gasteiger partial charge in [0.15, 0.2) is 0 Å². The normalized spacial score (nSPS) is 16.8. The summed E-state index contributed by atoms with van der Waals surface area (Å²) in [7, 11) is 0. The van der Waals surface area contributed by atoms with E-state index in [1.165, 1.54) is 5.39 Å². The minimum Gasteiger partial charge on any atom is -0.347 e. The lowest BCUT2D eigenvalue weighted by atomic mass is 10.0. The summed E-state index contributed by atoms with van der Waals surface area (Å²) in [6.07, 6.45) is 3.50. The summed E-state index contributed by atoms with van der Waals surface area (Å²) in [5, 5.41) is 5.27. The largest absolute Gasteiger partial charge is 0.347 e. The van der Waals surface area contributed by atoms with Crippen LogP contribution in [0, 0.1) is 0 Å². The maximum absolute atomic E-state index is 12.4. The van der Waals surface area contributed by atoms with E-state index in [1.807, 2.05) is 23.1 Å². The number of nitrogens with zero attached hydrogens (tertiary/aromatic N) is 2. The Hall–Kier alpha value is -3.21. The zero-order valence-electron chi connectivity index (χ0n) is 14.3. The van der Waals surface area contributed by atoms with Gasteiger partial charge in [0.25, 0.3) is 5.91 Å². The minimum absolute atomic E-state index is 0.0676. The summed E-state index contributed by atoms with van der Waals surface area (Å²) in [5.74, 6) is -0.102. The van der Waals surface area contributed by atoms with E-state index in [9.17, 15) is 9.59 Å². The Morgan fingerprint density at radius 3 is 2.69 bits per heavy atom. The molecule has 1 aliphatic rings. The fraction of sp³-hybridized carbons (Fsp3) is 0.190. The van der Waals surface area contributed by atoms with E-state index in [2.05, 4.69) is 34.6 Å². The zero-order valence-corrected chi connectivity index (χ0v) is 14.3. The molecule has 5 heteroatoms. The first kappa shape index (κ1) is 16.3. The molecule has 5 nitrogen and oxygen atoms in total. The van der Waals surface area contributed by atoms with Crippen LogP contribution in [0.2, 0.25) is 0 Å². The van der Waals surface area contributed by atoms with Crippen LogP contribution in [0.25, 0.3) is 10.8 Å². The van der Waals surface area contributed by atoms with E-state index in [-0.39, 0.29) is 17.9 Å². The quantitative estimate of drug-likeness (QED) is 0.791. The summed E-state index contributed by atoms with van der Waals surface area (Å²) in [4.78, 5) is 30.4. The SMILES string of the molecule is O=C(NC1CC(=O)N(Cc2cccc3ccccc23)C1)c1ccncc1. The maximum atomic E-state index is 12.4. The molecule has 130 valence electrons. The highest BCUT2D eigenvalue weighted by molar-refractivity contribution is 5.95. The molecular weight excluding hydrogens is 326 g/mol. The van der Waals surface area contributed by atoms with Gasteiger partial charge in [-0.15, -0.1) is 0 Å². The van der Waals surface area contributed by atoms with Crippen LogP contribution in [0.3, 0.4) is 0 Å². The summed E-state index contributed by atoms with van der Waals surface area (Å²) in [6.45, 7) is 1.08. The number of benzene rings is 2. The molecule has 1 fully saturated rings. The highest BCUT2D eigenvalue weighted by Crippen LogP contribution is 2.22. The standard InChI is InChI=1S/C21H19N3O2/c25-20-12-18(23-21(26)16-8-10-22-11-9-16)14-24(20)13-17-6-3-5-15-4-1-2-7-19(15)17/h1-11,18H,12-14H2,(H,23,26). The van der Waals surface area contributed by atoms with Crippen molar-refractivity contribution >= 4 is 22.6 Å². The number of pyridine rings is 1. The number of fused-ring (bicyclic) bond motifs is 1. The van der Waals surface area contributed by atoms with Crippen LogP contribution in [0.1, 0.15) is 22.3 Å². The molecule has 3 aromatic rings. The van der Waals surface area contributed by atoms with Gasteiger partial charge in [0.1, 0.15) is 0 Å². The lowest BCUT2D eigenvalue weighted by Gasteiger charge is -2.18. The second kappa shape index (κ2) is 6.96. The Morgan fingerprint density at radius 2 is 1.85 bits per heavy atom. The molecule has 1 aromatic heterocycles. The number of rotatable bonds is 4. The first-order chi connectivity index (χ1) is 12.7. The van der Waals surface area contributed by atoms with Crippen LogP contribution in [0.4, 0.5) is 0 Å². The van der Waals surface area contributed by atoms with E-state index in [1.54, 1.807) is 24.5 Å². The van der Waals surface area contributed by atoms with E-state index in [0.717, 1.165) is 10.9 Å². The first-order valence-corrected chi connectivity index (χ1v) is 8.66. The van der Waals surface area contributed by atoms with Crippen molar-refractivity contribution < 1.29 is 9.59 Å². The third kappa shape index (κ3) is 3.28. The van der Waals surface area contributed by atoms with Crippen molar-refractivity contribution in [3.05, 3.63) is 78.1 Å². The molecule has 2 heterocycles. The van der Waals surface area contributed by atoms with Crippen LogP contribution in [0.15, 0.2) is 67.0 Å². The van der Waals surface area contributed by atoms with Crippen LogP contribution in [-0.2, 0) is 11.3 Å². The molecule has 4 rings (SSSR count). The molecule has 1 aliphatic heterocycles. The molecule has 1 N–H and O–H groups in total. The van der Waals surface area contributed by atoms with Gasteiger partial charge in [-0.1, -0.05) is 42.5 Å². The smallest absolute Gasteiger partial charge is 0.251 e. The zero-order chi connectivity index (χ0) is 17.9. The molecule has 2 amide bonds. The van der Waals surface area contributed by atoms with Crippen LogP contribution in [0.5, 0.6) is 0 Å². The Morgan fingerprint density at radius 1 is 1.08 bits per heavy atom. The van der Waals surface area contributed by atoms with E-state index in [0.29, 0.717) is 25.1 Å². The van der Waals surface area contributed by atoms with Gasteiger partial charge in [-0.25, -0.2) is 0 Å². The van der Waals surface area contributed by atoms with Crippen molar-refractivity contribution in [3.63, 3.8) is 0 Å². The Balaban J connectivity index is 1.46. The fourth-order valence-electron chi connectivity index (χ4n) is 3.43. The third-order valence-electron chi connectivity index (χ3n) is 4.73. The highest BCUT2D eigenvalue weighted by Gasteiger charge is 2.30. The monoisotopic (exact) mass is 345 g/mol. The number of nitrogens with one attached hydrogen (secondary N) is 1. The number of likely N-dealkylation sites (tertiary alicyclic amines) is 1. The molecule has 0 radical (unpaired) electrons. The Labute approximate surface area is 151 Å². The second-order valence-electron chi connectivity index (χ2n) is 6.52. The lowest BCUT2D eigenvalue weighted by Crippen LogP contribution is -2.37. The summed E-state index contributed by atoms with van der Waals surface area (Å²) in [5.41, 5.74) is 1.68. The summed E-state index contributed by atoms with van der Waals surface area (Å²) in [6, 6.07) is 17.5. The van der Waals surface area contributed by atoms with Gasteiger partial charge in [0.05, 0.1) is 6.04 Å². The predicted octanol–water partition coefficient (Wildman–Crippen LogP) is 2.77. The summed E-state index contributed by atoms with van der Waals surface area (Å²) >= 11 is 0. The molecule has 1 saturated heterocycles. The van der Waals surface area contributed by atoms with Gasteiger partial charge in [0, 0.05) is 37.5 Å². The average Bonchev–Trinajstić information content (AvgIpc) is 3.01. The Bertz CT molecular complexity index is 950. The fourth-order valence-corrected chi connectivity index (χ4v) is 3.43. The molecule has 1 unspecified atom stereocenters. The van der Waals surface area contributed by atoms with Gasteiger partial charge in [0.2, 0.25) is 5.91 Å². The number of carbonyl (C=O) groups is 2. The van der Waals surface area contributed by atoms with Gasteiger partial charge in [-0.2, -0.15) is 0 Å². The number of aromatic nitrogens is 1. The molecule has 2 aromatic carbocycles. The van der Waals surface area contributed by atoms with Gasteiger partial charge in [-0.3, -0.25) is 14.6 Å². The maximum Gasteiger partial charge on any atom is 0.251 e. The highest BCUT2D eigenvalue weighted by atomic mass is 16.2. The number of hydrogen-bond donors (Lipinski definition) is 1. The minimum atomic E-state index is -0.169. The molecular formula is C21H19N3O2. The molecule has 0 bridgehead atoms. The molecule has 0 aliphatic carbocycles. The van der Waals surface area contributed by atoms with Crippen molar-refractivity contribution in [2.75, 3.05) is 6.54 Å². The van der Waals surface area contributed by atoms with Crippen LogP contribution >= 0.6 is 0 Å². The second-order valence-corrected chi connectivity index (χ2v) is 6.52. The number of carbonyl (C=O) groups excluding carboxylic acids is 2. The topological polar surface area (TPSA) is 62.3 Å². The number of amides is 2. The first-order valence-electron chi connectivity index (χ1n) is 8.66.